The molecule has 0 atom stereocenters. The molecule has 27 heavy (non-hydrogen) atoms. The van der Waals surface area contributed by atoms with Gasteiger partial charge in [0.05, 0.1) is 11.4 Å². The third-order valence-electron chi connectivity index (χ3n) is 5.03. The molecule has 1 saturated heterocycles. The molecule has 1 aromatic carbocycles. The highest BCUT2D eigenvalue weighted by atomic mass is 32.2. The van der Waals surface area contributed by atoms with Gasteiger partial charge in [0.25, 0.3) is 0 Å². The fraction of sp³-hybridized carbons (Fsp3) is 0.556. The smallest absolute Gasteiger partial charge is 0.322 e. The predicted molar refractivity (Wildman–Crippen MR) is 101 cm³/mol. The normalized spacial score (nSPS) is 16.3. The first-order valence-electron chi connectivity index (χ1n) is 8.82. The van der Waals surface area contributed by atoms with Crippen LogP contribution in [0.25, 0.3) is 0 Å². The number of carbonyl (C=O) groups is 2. The monoisotopic (exact) mass is 397 g/mol. The lowest BCUT2D eigenvalue weighted by atomic mass is 10.0. The topological polar surface area (TPSA) is 107 Å². The van der Waals surface area contributed by atoms with Crippen molar-refractivity contribution in [3.63, 3.8) is 0 Å². The lowest BCUT2D eigenvalue weighted by Gasteiger charge is -2.34. The first-order chi connectivity index (χ1) is 12.5. The number of aliphatic carboxylic acids is 1. The molecule has 9 heteroatoms. The second kappa shape index (κ2) is 8.37. The number of aryl methyl sites for hydroxylation is 2. The third kappa shape index (κ3) is 4.85. The molecule has 0 spiro atoms. The number of sulfonamides is 1. The van der Waals surface area contributed by atoms with E-state index in [1.807, 2.05) is 38.7 Å². The second-order valence-electron chi connectivity index (χ2n) is 6.94. The number of piperazine rings is 1. The maximum absolute atomic E-state index is 13.2. The highest BCUT2D eigenvalue weighted by molar-refractivity contribution is 7.89. The van der Waals surface area contributed by atoms with Gasteiger partial charge in [0.1, 0.15) is 6.54 Å². The van der Waals surface area contributed by atoms with Crippen molar-refractivity contribution >= 4 is 21.9 Å². The van der Waals surface area contributed by atoms with Gasteiger partial charge in [-0.2, -0.15) is 4.31 Å². The lowest BCUT2D eigenvalue weighted by molar-refractivity contribution is -0.138. The summed E-state index contributed by atoms with van der Waals surface area (Å²) in [5.41, 5.74) is 3.44. The van der Waals surface area contributed by atoms with Gasteiger partial charge in [-0.3, -0.25) is 14.5 Å². The SMILES string of the molecule is Cc1cc(C)c(C)c(S(=O)(=O)N2CCN(CC(=O)NCC(=O)O)CC2)c1C. The Labute approximate surface area is 160 Å². The van der Waals surface area contributed by atoms with E-state index in [0.717, 1.165) is 22.3 Å². The molecule has 2 N–H and O–H groups in total. The predicted octanol–water partition coefficient (Wildman–Crippen LogP) is 0.427. The number of carboxylic acid groups (broad SMARTS) is 1. The van der Waals surface area contributed by atoms with Crippen LogP contribution in [0.4, 0.5) is 0 Å². The second-order valence-corrected chi connectivity index (χ2v) is 8.81. The molecule has 1 aliphatic rings. The van der Waals surface area contributed by atoms with Gasteiger partial charge in [0.15, 0.2) is 0 Å². The van der Waals surface area contributed by atoms with Gasteiger partial charge in [-0.05, 0) is 49.9 Å². The van der Waals surface area contributed by atoms with Crippen LogP contribution in [0.2, 0.25) is 0 Å². The van der Waals surface area contributed by atoms with Crippen LogP contribution in [0.15, 0.2) is 11.0 Å². The zero-order valence-corrected chi connectivity index (χ0v) is 17.0. The van der Waals surface area contributed by atoms with E-state index in [9.17, 15) is 18.0 Å². The Bertz CT molecular complexity index is 817. The van der Waals surface area contributed by atoms with Crippen LogP contribution >= 0.6 is 0 Å². The summed E-state index contributed by atoms with van der Waals surface area (Å²) in [5, 5.41) is 10.9. The molecule has 0 unspecified atom stereocenters. The Hall–Kier alpha value is -1.97. The number of amides is 1. The zero-order chi connectivity index (χ0) is 20.4. The number of benzene rings is 1. The average Bonchev–Trinajstić information content (AvgIpc) is 2.59. The summed E-state index contributed by atoms with van der Waals surface area (Å²) in [4.78, 5) is 24.4. The molecule has 0 radical (unpaired) electrons. The van der Waals surface area contributed by atoms with Crippen molar-refractivity contribution in [1.82, 2.24) is 14.5 Å². The Morgan fingerprint density at radius 3 is 2.04 bits per heavy atom. The molecule has 0 aromatic heterocycles. The van der Waals surface area contributed by atoms with Crippen molar-refractivity contribution in [2.24, 2.45) is 0 Å². The Morgan fingerprint density at radius 2 is 1.56 bits per heavy atom. The molecule has 1 aliphatic heterocycles. The minimum Gasteiger partial charge on any atom is -0.480 e. The molecule has 2 rings (SSSR count). The van der Waals surface area contributed by atoms with Crippen molar-refractivity contribution < 1.29 is 23.1 Å². The van der Waals surface area contributed by atoms with Crippen molar-refractivity contribution in [1.29, 1.82) is 0 Å². The van der Waals surface area contributed by atoms with Gasteiger partial charge in [0, 0.05) is 26.2 Å². The van der Waals surface area contributed by atoms with Gasteiger partial charge in [-0.1, -0.05) is 6.07 Å². The van der Waals surface area contributed by atoms with E-state index in [4.69, 9.17) is 5.11 Å². The summed E-state index contributed by atoms with van der Waals surface area (Å²) in [5.74, 6) is -1.48. The summed E-state index contributed by atoms with van der Waals surface area (Å²) >= 11 is 0. The van der Waals surface area contributed by atoms with E-state index in [0.29, 0.717) is 31.1 Å². The Balaban J connectivity index is 2.08. The van der Waals surface area contributed by atoms with E-state index in [2.05, 4.69) is 5.32 Å². The highest BCUT2D eigenvalue weighted by Crippen LogP contribution is 2.29. The maximum Gasteiger partial charge on any atom is 0.322 e. The fourth-order valence-electron chi connectivity index (χ4n) is 3.26. The largest absolute Gasteiger partial charge is 0.480 e. The first kappa shape index (κ1) is 21.3. The summed E-state index contributed by atoms with van der Waals surface area (Å²) < 4.78 is 27.9. The van der Waals surface area contributed by atoms with E-state index in [1.54, 1.807) is 0 Å². The van der Waals surface area contributed by atoms with Gasteiger partial charge in [-0.25, -0.2) is 8.42 Å². The van der Waals surface area contributed by atoms with Crippen molar-refractivity contribution in [2.45, 2.75) is 32.6 Å². The number of carboxylic acids is 1. The summed E-state index contributed by atoms with van der Waals surface area (Å²) in [7, 11) is -3.61. The van der Waals surface area contributed by atoms with Gasteiger partial charge in [-0.15, -0.1) is 0 Å². The van der Waals surface area contributed by atoms with Crippen molar-refractivity contribution in [3.05, 3.63) is 28.3 Å². The molecule has 1 aromatic rings. The van der Waals surface area contributed by atoms with Crippen LogP contribution in [-0.2, 0) is 19.6 Å². The van der Waals surface area contributed by atoms with E-state index in [-0.39, 0.29) is 12.5 Å². The Morgan fingerprint density at radius 1 is 1.04 bits per heavy atom. The van der Waals surface area contributed by atoms with Gasteiger partial charge >= 0.3 is 5.97 Å². The van der Waals surface area contributed by atoms with E-state index < -0.39 is 22.5 Å². The fourth-order valence-corrected chi connectivity index (χ4v) is 5.26. The minimum absolute atomic E-state index is 0.0583. The molecule has 1 fully saturated rings. The lowest BCUT2D eigenvalue weighted by Crippen LogP contribution is -2.51. The zero-order valence-electron chi connectivity index (χ0n) is 16.2. The molecule has 1 amide bonds. The maximum atomic E-state index is 13.2. The molecule has 8 nitrogen and oxygen atoms in total. The first-order valence-corrected chi connectivity index (χ1v) is 10.3. The van der Waals surface area contributed by atoms with Crippen LogP contribution in [0.1, 0.15) is 22.3 Å². The molecular weight excluding hydrogens is 370 g/mol. The number of rotatable bonds is 6. The number of hydrogen-bond donors (Lipinski definition) is 2. The standard InChI is InChI=1S/C18H27N3O5S/c1-12-9-13(2)15(4)18(14(12)3)27(25,26)21-7-5-20(6-8-21)11-16(22)19-10-17(23)24/h9H,5-8,10-11H2,1-4H3,(H,19,22)(H,23,24). The highest BCUT2D eigenvalue weighted by Gasteiger charge is 2.32. The summed E-state index contributed by atoms with van der Waals surface area (Å²) in [6, 6.07) is 2.00. The van der Waals surface area contributed by atoms with Gasteiger partial charge < -0.3 is 10.4 Å². The number of nitrogens with one attached hydrogen (secondary N) is 1. The van der Waals surface area contributed by atoms with E-state index in [1.165, 1.54) is 4.31 Å². The third-order valence-corrected chi connectivity index (χ3v) is 7.20. The summed E-state index contributed by atoms with van der Waals surface area (Å²) in [6.07, 6.45) is 0. The molecule has 0 bridgehead atoms. The number of carbonyl (C=O) groups excluding carboxylic acids is 1. The van der Waals surface area contributed by atoms with Crippen LogP contribution in [0.5, 0.6) is 0 Å². The minimum atomic E-state index is -3.61. The van der Waals surface area contributed by atoms with Crippen molar-refractivity contribution in [2.75, 3.05) is 39.3 Å². The van der Waals surface area contributed by atoms with Crippen LogP contribution in [-0.4, -0.2) is 73.9 Å². The summed E-state index contributed by atoms with van der Waals surface area (Å²) in [6.45, 7) is 8.55. The molecular formula is C18H27N3O5S. The van der Waals surface area contributed by atoms with Crippen molar-refractivity contribution in [3.8, 4) is 0 Å². The van der Waals surface area contributed by atoms with E-state index >= 15 is 0 Å². The average molecular weight is 397 g/mol. The molecule has 150 valence electrons. The van der Waals surface area contributed by atoms with Gasteiger partial charge in [0.2, 0.25) is 15.9 Å². The molecule has 0 saturated carbocycles. The molecule has 1 heterocycles. The quantitative estimate of drug-likeness (QED) is 0.721. The van der Waals surface area contributed by atoms with Crippen LogP contribution < -0.4 is 5.32 Å². The van der Waals surface area contributed by atoms with Crippen LogP contribution in [0, 0.1) is 27.7 Å². The number of hydrogen-bond acceptors (Lipinski definition) is 5. The number of nitrogens with zero attached hydrogens (tertiary/aromatic N) is 2. The van der Waals surface area contributed by atoms with Crippen LogP contribution in [0.3, 0.4) is 0 Å². The molecule has 0 aliphatic carbocycles. The Kier molecular flexibility index (Phi) is 6.61.